The zero-order valence-electron chi connectivity index (χ0n) is 8.67. The van der Waals surface area contributed by atoms with Crippen molar-refractivity contribution >= 4 is 5.84 Å². The van der Waals surface area contributed by atoms with E-state index >= 15 is 0 Å². The molecule has 1 aromatic heterocycles. The first-order chi connectivity index (χ1) is 7.26. The number of rotatable bonds is 5. The Hall–Kier alpha value is -1.69. The molecule has 0 fully saturated rings. The van der Waals surface area contributed by atoms with Gasteiger partial charge in [0.05, 0.1) is 13.1 Å². The predicted octanol–water partition coefficient (Wildman–Crippen LogP) is 0.0449. The van der Waals surface area contributed by atoms with Crippen LogP contribution in [-0.4, -0.2) is 39.0 Å². The van der Waals surface area contributed by atoms with E-state index in [0.717, 1.165) is 12.4 Å². The zero-order valence-corrected chi connectivity index (χ0v) is 8.67. The van der Waals surface area contributed by atoms with Gasteiger partial charge in [0.25, 0.3) is 0 Å². The number of amidine groups is 1. The lowest BCUT2D eigenvalue weighted by Gasteiger charge is -2.17. The van der Waals surface area contributed by atoms with E-state index in [1.54, 1.807) is 18.5 Å². The van der Waals surface area contributed by atoms with Crippen molar-refractivity contribution in [3.8, 4) is 0 Å². The quantitative estimate of drug-likeness (QED) is 0.309. The van der Waals surface area contributed by atoms with E-state index in [0.29, 0.717) is 13.1 Å². The third-order valence-electron chi connectivity index (χ3n) is 1.95. The molecule has 0 aromatic carbocycles. The Kier molecular flexibility index (Phi) is 4.49. The third-order valence-corrected chi connectivity index (χ3v) is 1.95. The molecule has 0 bridgehead atoms. The molecule has 6 heteroatoms. The Balaban J connectivity index is 2.54. The minimum absolute atomic E-state index is 0.188. The number of aromatic nitrogens is 2. The van der Waals surface area contributed by atoms with Crippen molar-refractivity contribution < 1.29 is 5.21 Å². The van der Waals surface area contributed by atoms with Gasteiger partial charge in [-0.3, -0.25) is 4.90 Å². The molecule has 0 aliphatic rings. The number of hydrogen-bond acceptors (Lipinski definition) is 5. The molecule has 0 radical (unpaired) electrons. The standard InChI is InChI=1S/C9H15N5O/c1-2-14(6-8(10)13-15)7-9-11-4-3-5-12-9/h3-5,15H,2,6-7H2,1H3,(H2,10,13). The summed E-state index contributed by atoms with van der Waals surface area (Å²) in [4.78, 5) is 10.2. The number of nitrogens with two attached hydrogens (primary N) is 1. The fourth-order valence-corrected chi connectivity index (χ4v) is 1.15. The van der Waals surface area contributed by atoms with E-state index in [9.17, 15) is 0 Å². The van der Waals surface area contributed by atoms with Crippen LogP contribution in [0.15, 0.2) is 23.6 Å². The second-order valence-electron chi connectivity index (χ2n) is 3.06. The van der Waals surface area contributed by atoms with Crippen LogP contribution in [0, 0.1) is 0 Å². The van der Waals surface area contributed by atoms with Crippen molar-refractivity contribution in [3.63, 3.8) is 0 Å². The van der Waals surface area contributed by atoms with Crippen LogP contribution in [0.4, 0.5) is 0 Å². The largest absolute Gasteiger partial charge is 0.409 e. The molecule has 0 unspecified atom stereocenters. The van der Waals surface area contributed by atoms with Gasteiger partial charge < -0.3 is 10.9 Å². The van der Waals surface area contributed by atoms with Crippen LogP contribution in [-0.2, 0) is 6.54 Å². The van der Waals surface area contributed by atoms with E-state index in [-0.39, 0.29) is 5.84 Å². The maximum absolute atomic E-state index is 8.45. The van der Waals surface area contributed by atoms with Gasteiger partial charge in [-0.05, 0) is 12.6 Å². The summed E-state index contributed by atoms with van der Waals surface area (Å²) in [6.07, 6.45) is 3.39. The summed E-state index contributed by atoms with van der Waals surface area (Å²) < 4.78 is 0. The second-order valence-corrected chi connectivity index (χ2v) is 3.06. The highest BCUT2D eigenvalue weighted by Crippen LogP contribution is 1.96. The number of oxime groups is 1. The molecule has 0 atom stereocenters. The van der Waals surface area contributed by atoms with Crippen molar-refractivity contribution in [1.29, 1.82) is 0 Å². The summed E-state index contributed by atoms with van der Waals surface area (Å²) >= 11 is 0. The molecular formula is C9H15N5O. The zero-order chi connectivity index (χ0) is 11.1. The molecule has 0 amide bonds. The van der Waals surface area contributed by atoms with Gasteiger partial charge in [0.1, 0.15) is 5.82 Å². The van der Waals surface area contributed by atoms with E-state index in [2.05, 4.69) is 15.1 Å². The minimum atomic E-state index is 0.188. The van der Waals surface area contributed by atoms with Gasteiger partial charge in [0.15, 0.2) is 5.84 Å². The number of nitrogens with zero attached hydrogens (tertiary/aromatic N) is 4. The number of likely N-dealkylation sites (N-methyl/N-ethyl adjacent to an activating group) is 1. The number of hydrogen-bond donors (Lipinski definition) is 2. The maximum atomic E-state index is 8.45. The maximum Gasteiger partial charge on any atom is 0.153 e. The summed E-state index contributed by atoms with van der Waals surface area (Å²) in [5.74, 6) is 0.915. The topological polar surface area (TPSA) is 87.6 Å². The van der Waals surface area contributed by atoms with Crippen LogP contribution in [0.3, 0.4) is 0 Å². The smallest absolute Gasteiger partial charge is 0.153 e. The van der Waals surface area contributed by atoms with E-state index < -0.39 is 0 Å². The highest BCUT2D eigenvalue weighted by atomic mass is 16.4. The van der Waals surface area contributed by atoms with Gasteiger partial charge in [-0.2, -0.15) is 0 Å². The first kappa shape index (κ1) is 11.4. The highest BCUT2D eigenvalue weighted by Gasteiger charge is 2.07. The lowest BCUT2D eigenvalue weighted by Crippen LogP contribution is -2.33. The van der Waals surface area contributed by atoms with E-state index in [4.69, 9.17) is 10.9 Å². The van der Waals surface area contributed by atoms with E-state index in [1.165, 1.54) is 0 Å². The molecule has 82 valence electrons. The summed E-state index contributed by atoms with van der Waals surface area (Å²) in [6.45, 7) is 3.78. The van der Waals surface area contributed by atoms with Crippen molar-refractivity contribution in [3.05, 3.63) is 24.3 Å². The molecular weight excluding hydrogens is 194 g/mol. The first-order valence-corrected chi connectivity index (χ1v) is 4.71. The third kappa shape index (κ3) is 3.90. The van der Waals surface area contributed by atoms with Crippen LogP contribution >= 0.6 is 0 Å². The molecule has 3 N–H and O–H groups in total. The Labute approximate surface area is 88.4 Å². The van der Waals surface area contributed by atoms with Gasteiger partial charge in [0.2, 0.25) is 0 Å². The normalized spacial score (nSPS) is 12.0. The van der Waals surface area contributed by atoms with Gasteiger partial charge in [-0.25, -0.2) is 9.97 Å². The van der Waals surface area contributed by atoms with Crippen molar-refractivity contribution in [2.45, 2.75) is 13.5 Å². The Bertz CT molecular complexity index is 314. The molecule has 0 aliphatic carbocycles. The molecule has 0 spiro atoms. The molecule has 6 nitrogen and oxygen atoms in total. The molecule has 0 saturated carbocycles. The van der Waals surface area contributed by atoms with Crippen LogP contribution in [0.5, 0.6) is 0 Å². The van der Waals surface area contributed by atoms with Gasteiger partial charge >= 0.3 is 0 Å². The van der Waals surface area contributed by atoms with Crippen LogP contribution < -0.4 is 5.73 Å². The van der Waals surface area contributed by atoms with Crippen LogP contribution in [0.2, 0.25) is 0 Å². The lowest BCUT2D eigenvalue weighted by molar-refractivity contribution is 0.290. The van der Waals surface area contributed by atoms with Gasteiger partial charge in [0, 0.05) is 12.4 Å². The first-order valence-electron chi connectivity index (χ1n) is 4.71. The molecule has 1 aromatic rings. The molecule has 1 heterocycles. The minimum Gasteiger partial charge on any atom is -0.409 e. The monoisotopic (exact) mass is 209 g/mol. The van der Waals surface area contributed by atoms with Gasteiger partial charge in [-0.1, -0.05) is 12.1 Å². The second kappa shape index (κ2) is 5.92. The SMILES string of the molecule is CCN(CC(N)=NO)Cc1ncccn1. The fraction of sp³-hybridized carbons (Fsp3) is 0.444. The van der Waals surface area contributed by atoms with E-state index in [1.807, 2.05) is 11.8 Å². The lowest BCUT2D eigenvalue weighted by atomic mass is 10.4. The van der Waals surface area contributed by atoms with Crippen molar-refractivity contribution in [1.82, 2.24) is 14.9 Å². The highest BCUT2D eigenvalue weighted by molar-refractivity contribution is 5.81. The summed E-state index contributed by atoms with van der Waals surface area (Å²) in [6, 6.07) is 1.77. The van der Waals surface area contributed by atoms with Crippen molar-refractivity contribution in [2.24, 2.45) is 10.9 Å². The Morgan fingerprint density at radius 3 is 2.73 bits per heavy atom. The average Bonchev–Trinajstić information content (AvgIpc) is 2.29. The Morgan fingerprint density at radius 1 is 1.53 bits per heavy atom. The van der Waals surface area contributed by atoms with Crippen LogP contribution in [0.25, 0.3) is 0 Å². The van der Waals surface area contributed by atoms with Crippen LogP contribution in [0.1, 0.15) is 12.7 Å². The van der Waals surface area contributed by atoms with Gasteiger partial charge in [-0.15, -0.1) is 0 Å². The fourth-order valence-electron chi connectivity index (χ4n) is 1.15. The summed E-state index contributed by atoms with van der Waals surface area (Å²) in [7, 11) is 0. The average molecular weight is 209 g/mol. The summed E-state index contributed by atoms with van der Waals surface area (Å²) in [5, 5.41) is 11.4. The Morgan fingerprint density at radius 2 is 2.20 bits per heavy atom. The summed E-state index contributed by atoms with van der Waals surface area (Å²) in [5.41, 5.74) is 5.42. The molecule has 0 saturated heterocycles. The predicted molar refractivity (Wildman–Crippen MR) is 56.4 cm³/mol. The van der Waals surface area contributed by atoms with Crippen molar-refractivity contribution in [2.75, 3.05) is 13.1 Å². The molecule has 15 heavy (non-hydrogen) atoms. The molecule has 0 aliphatic heterocycles. The molecule has 1 rings (SSSR count).